The lowest BCUT2D eigenvalue weighted by Crippen LogP contribution is -2.22. The first-order valence-corrected chi connectivity index (χ1v) is 6.19. The Labute approximate surface area is 118 Å². The Morgan fingerprint density at radius 2 is 2.05 bits per heavy atom. The van der Waals surface area contributed by atoms with E-state index in [1.165, 1.54) is 30.6 Å². The third-order valence-electron chi connectivity index (χ3n) is 3.01. The predicted molar refractivity (Wildman–Crippen MR) is 76.7 cm³/mol. The van der Waals surface area contributed by atoms with Crippen molar-refractivity contribution < 1.29 is 9.18 Å². The van der Waals surface area contributed by atoms with Crippen LogP contribution < -0.4 is 10.7 Å². The van der Waals surface area contributed by atoms with Crippen LogP contribution in [0.4, 0.5) is 10.2 Å². The number of pyridine rings is 2. The molecule has 0 spiro atoms. The van der Waals surface area contributed by atoms with Gasteiger partial charge in [0.05, 0.1) is 5.52 Å². The first-order chi connectivity index (χ1) is 10.2. The summed E-state index contributed by atoms with van der Waals surface area (Å²) in [5, 5.41) is 2.64. The molecule has 3 aromatic rings. The maximum Gasteiger partial charge on any atom is 0.262 e. The van der Waals surface area contributed by atoms with E-state index < -0.39 is 17.2 Å². The van der Waals surface area contributed by atoms with Gasteiger partial charge in [0.2, 0.25) is 5.43 Å². The van der Waals surface area contributed by atoms with Crippen molar-refractivity contribution in [3.05, 3.63) is 70.4 Å². The van der Waals surface area contributed by atoms with Crippen LogP contribution >= 0.6 is 0 Å². The number of aromatic nitrogens is 2. The molecular formula is C15H10FN3O2. The highest BCUT2D eigenvalue weighted by molar-refractivity contribution is 6.05. The van der Waals surface area contributed by atoms with Gasteiger partial charge in [0.1, 0.15) is 17.2 Å². The molecule has 0 aliphatic heterocycles. The SMILES string of the molecule is O=C(Nc1ccccn1)c1c[nH]c2c(F)cccc2c1=O. The molecule has 5 nitrogen and oxygen atoms in total. The summed E-state index contributed by atoms with van der Waals surface area (Å²) >= 11 is 0. The number of aromatic amines is 1. The molecule has 2 N–H and O–H groups in total. The van der Waals surface area contributed by atoms with Crippen molar-refractivity contribution in [2.75, 3.05) is 5.32 Å². The molecule has 0 bridgehead atoms. The van der Waals surface area contributed by atoms with Gasteiger partial charge in [0, 0.05) is 17.8 Å². The van der Waals surface area contributed by atoms with E-state index in [2.05, 4.69) is 15.3 Å². The number of rotatable bonds is 2. The van der Waals surface area contributed by atoms with Crippen LogP contribution in [0.2, 0.25) is 0 Å². The highest BCUT2D eigenvalue weighted by Gasteiger charge is 2.14. The number of carbonyl (C=O) groups is 1. The van der Waals surface area contributed by atoms with Crippen molar-refractivity contribution in [2.24, 2.45) is 0 Å². The third-order valence-corrected chi connectivity index (χ3v) is 3.01. The van der Waals surface area contributed by atoms with Crippen LogP contribution in [0.25, 0.3) is 10.9 Å². The van der Waals surface area contributed by atoms with Gasteiger partial charge in [-0.25, -0.2) is 9.37 Å². The number of halogens is 1. The lowest BCUT2D eigenvalue weighted by Gasteiger charge is -2.05. The second-order valence-electron chi connectivity index (χ2n) is 4.36. The molecule has 2 heterocycles. The minimum Gasteiger partial charge on any atom is -0.358 e. The van der Waals surface area contributed by atoms with Crippen molar-refractivity contribution >= 4 is 22.6 Å². The number of nitrogens with zero attached hydrogens (tertiary/aromatic N) is 1. The topological polar surface area (TPSA) is 74.8 Å². The van der Waals surface area contributed by atoms with E-state index in [4.69, 9.17) is 0 Å². The zero-order valence-electron chi connectivity index (χ0n) is 10.8. The summed E-state index contributed by atoms with van der Waals surface area (Å²) < 4.78 is 13.6. The smallest absolute Gasteiger partial charge is 0.262 e. The van der Waals surface area contributed by atoms with Gasteiger partial charge in [0.25, 0.3) is 5.91 Å². The molecule has 0 atom stereocenters. The second-order valence-corrected chi connectivity index (χ2v) is 4.36. The van der Waals surface area contributed by atoms with Crippen LogP contribution in [-0.2, 0) is 0 Å². The van der Waals surface area contributed by atoms with Crippen LogP contribution in [-0.4, -0.2) is 15.9 Å². The van der Waals surface area contributed by atoms with Crippen molar-refractivity contribution in [3.8, 4) is 0 Å². The minimum absolute atomic E-state index is 0.0805. The Morgan fingerprint density at radius 1 is 1.19 bits per heavy atom. The molecule has 1 amide bonds. The number of para-hydroxylation sites is 1. The van der Waals surface area contributed by atoms with Crippen molar-refractivity contribution in [3.63, 3.8) is 0 Å². The second kappa shape index (κ2) is 5.16. The summed E-state index contributed by atoms with van der Waals surface area (Å²) in [6.45, 7) is 0. The van der Waals surface area contributed by atoms with Crippen LogP contribution in [0.5, 0.6) is 0 Å². The Bertz CT molecular complexity index is 875. The van der Waals surface area contributed by atoms with E-state index in [0.29, 0.717) is 5.82 Å². The van der Waals surface area contributed by atoms with E-state index in [-0.39, 0.29) is 16.5 Å². The standard InChI is InChI=1S/C15H10FN3O2/c16-11-5-3-4-9-13(11)18-8-10(14(9)20)15(21)19-12-6-1-2-7-17-12/h1-8H,(H,18,20)(H,17,19,21). The largest absolute Gasteiger partial charge is 0.358 e. The van der Waals surface area contributed by atoms with Crippen LogP contribution in [0.15, 0.2) is 53.6 Å². The zero-order chi connectivity index (χ0) is 14.8. The highest BCUT2D eigenvalue weighted by atomic mass is 19.1. The molecule has 0 aliphatic carbocycles. The Kier molecular flexibility index (Phi) is 3.19. The van der Waals surface area contributed by atoms with Gasteiger partial charge >= 0.3 is 0 Å². The first-order valence-electron chi connectivity index (χ1n) is 6.19. The monoisotopic (exact) mass is 283 g/mol. The molecule has 1 aromatic carbocycles. The van der Waals surface area contributed by atoms with Gasteiger partial charge in [-0.15, -0.1) is 0 Å². The van der Waals surface area contributed by atoms with Gasteiger partial charge in [-0.2, -0.15) is 0 Å². The Balaban J connectivity index is 2.03. The summed E-state index contributed by atoms with van der Waals surface area (Å²) in [4.78, 5) is 30.9. The van der Waals surface area contributed by atoms with Crippen LogP contribution in [0, 0.1) is 5.82 Å². The summed E-state index contributed by atoms with van der Waals surface area (Å²) in [5.41, 5.74) is -0.549. The van der Waals surface area contributed by atoms with Gasteiger partial charge in [-0.3, -0.25) is 9.59 Å². The highest BCUT2D eigenvalue weighted by Crippen LogP contribution is 2.12. The molecule has 0 aliphatic rings. The molecule has 0 saturated heterocycles. The average Bonchev–Trinajstić information content (AvgIpc) is 2.49. The van der Waals surface area contributed by atoms with E-state index in [1.807, 2.05) is 0 Å². The number of H-pyrrole nitrogens is 1. The Morgan fingerprint density at radius 3 is 2.81 bits per heavy atom. The van der Waals surface area contributed by atoms with Crippen LogP contribution in [0.3, 0.4) is 0 Å². The molecule has 6 heteroatoms. The zero-order valence-corrected chi connectivity index (χ0v) is 10.8. The molecule has 3 rings (SSSR count). The fourth-order valence-electron chi connectivity index (χ4n) is 2.00. The summed E-state index contributed by atoms with van der Waals surface area (Å²) in [6.07, 6.45) is 2.72. The van der Waals surface area contributed by atoms with Crippen LogP contribution in [0.1, 0.15) is 10.4 Å². The van der Waals surface area contributed by atoms with E-state index in [0.717, 1.165) is 0 Å². The normalized spacial score (nSPS) is 10.5. The molecule has 0 saturated carbocycles. The predicted octanol–water partition coefficient (Wildman–Crippen LogP) is 2.31. The third kappa shape index (κ3) is 2.38. The quantitative estimate of drug-likeness (QED) is 0.758. The number of amides is 1. The van der Waals surface area contributed by atoms with Gasteiger partial charge in [-0.05, 0) is 24.3 Å². The average molecular weight is 283 g/mol. The summed E-state index contributed by atoms with van der Waals surface area (Å²) in [5.74, 6) is -0.802. The number of nitrogens with one attached hydrogen (secondary N) is 2. The summed E-state index contributed by atoms with van der Waals surface area (Å²) in [7, 11) is 0. The minimum atomic E-state index is -0.596. The van der Waals surface area contributed by atoms with Gasteiger partial charge < -0.3 is 10.3 Å². The lowest BCUT2D eigenvalue weighted by molar-refractivity contribution is 0.102. The number of fused-ring (bicyclic) bond motifs is 1. The van der Waals surface area contributed by atoms with Gasteiger partial charge in [-0.1, -0.05) is 12.1 Å². The lowest BCUT2D eigenvalue weighted by atomic mass is 10.1. The Hall–Kier alpha value is -3.02. The summed E-state index contributed by atoms with van der Waals surface area (Å²) in [6, 6.07) is 9.16. The fraction of sp³-hybridized carbons (Fsp3) is 0. The first kappa shape index (κ1) is 13.0. The van der Waals surface area contributed by atoms with E-state index in [9.17, 15) is 14.0 Å². The maximum absolute atomic E-state index is 13.6. The fourth-order valence-corrected chi connectivity index (χ4v) is 2.00. The molecule has 21 heavy (non-hydrogen) atoms. The molecule has 2 aromatic heterocycles. The van der Waals surface area contributed by atoms with Crippen molar-refractivity contribution in [1.82, 2.24) is 9.97 Å². The van der Waals surface area contributed by atoms with Gasteiger partial charge in [0.15, 0.2) is 0 Å². The molecular weight excluding hydrogens is 273 g/mol. The molecule has 0 radical (unpaired) electrons. The molecule has 0 unspecified atom stereocenters. The number of hydrogen-bond acceptors (Lipinski definition) is 3. The van der Waals surface area contributed by atoms with E-state index in [1.54, 1.807) is 18.2 Å². The maximum atomic E-state index is 13.6. The van der Waals surface area contributed by atoms with E-state index >= 15 is 0 Å². The number of anilines is 1. The molecule has 104 valence electrons. The van der Waals surface area contributed by atoms with Crippen molar-refractivity contribution in [2.45, 2.75) is 0 Å². The molecule has 0 fully saturated rings. The number of hydrogen-bond donors (Lipinski definition) is 2. The van der Waals surface area contributed by atoms with Crippen molar-refractivity contribution in [1.29, 1.82) is 0 Å². The number of carbonyl (C=O) groups excluding carboxylic acids is 1. The number of benzene rings is 1.